The molecule has 5 aromatic rings. The standard InChI is InChI=1S/C28H22F2N4O/c1-17-24(23-6-2-3-7-26(23)32-17)15-28(35)34-21-8-9-27(33-22-5-4-10-31-16-22)25(14-21)18-11-19(29)13-20(30)12-18/h2-14,16,32-33H,15H2,1H3,(H,34,35). The lowest BCUT2D eigenvalue weighted by Gasteiger charge is -2.15. The van der Waals surface area contributed by atoms with Crippen molar-refractivity contribution in [3.05, 3.63) is 108 Å². The molecule has 0 spiro atoms. The maximum Gasteiger partial charge on any atom is 0.228 e. The van der Waals surface area contributed by atoms with Gasteiger partial charge in [0, 0.05) is 45.8 Å². The predicted octanol–water partition coefficient (Wildman–Crippen LogP) is 6.74. The minimum absolute atomic E-state index is 0.190. The van der Waals surface area contributed by atoms with Crippen LogP contribution in [-0.4, -0.2) is 15.9 Å². The van der Waals surface area contributed by atoms with E-state index in [1.54, 1.807) is 36.7 Å². The average molecular weight is 469 g/mol. The zero-order chi connectivity index (χ0) is 24.4. The number of para-hydroxylation sites is 1. The van der Waals surface area contributed by atoms with Crippen molar-refractivity contribution in [1.29, 1.82) is 0 Å². The topological polar surface area (TPSA) is 69.8 Å². The Morgan fingerprint density at radius 2 is 1.74 bits per heavy atom. The van der Waals surface area contributed by atoms with Crippen LogP contribution in [-0.2, 0) is 11.2 Å². The molecule has 2 heterocycles. The quantitative estimate of drug-likeness (QED) is 0.258. The fourth-order valence-corrected chi connectivity index (χ4v) is 4.20. The molecule has 2 aromatic heterocycles. The number of anilines is 3. The van der Waals surface area contributed by atoms with E-state index in [1.165, 1.54) is 12.1 Å². The summed E-state index contributed by atoms with van der Waals surface area (Å²) >= 11 is 0. The number of nitrogens with zero attached hydrogens (tertiary/aromatic N) is 1. The van der Waals surface area contributed by atoms with E-state index in [0.29, 0.717) is 22.5 Å². The number of hydrogen-bond acceptors (Lipinski definition) is 3. The summed E-state index contributed by atoms with van der Waals surface area (Å²) in [6.07, 6.45) is 3.49. The highest BCUT2D eigenvalue weighted by Crippen LogP contribution is 2.34. The molecule has 3 N–H and O–H groups in total. The van der Waals surface area contributed by atoms with E-state index in [-0.39, 0.29) is 12.3 Å². The van der Waals surface area contributed by atoms with E-state index in [2.05, 4.69) is 20.6 Å². The first-order valence-corrected chi connectivity index (χ1v) is 11.1. The van der Waals surface area contributed by atoms with Crippen molar-refractivity contribution in [1.82, 2.24) is 9.97 Å². The number of nitrogens with one attached hydrogen (secondary N) is 3. The van der Waals surface area contributed by atoms with E-state index in [9.17, 15) is 13.6 Å². The number of aromatic amines is 1. The van der Waals surface area contributed by atoms with Crippen molar-refractivity contribution in [2.24, 2.45) is 0 Å². The number of aryl methyl sites for hydroxylation is 1. The van der Waals surface area contributed by atoms with Gasteiger partial charge in [-0.15, -0.1) is 0 Å². The van der Waals surface area contributed by atoms with E-state index in [4.69, 9.17) is 0 Å². The highest BCUT2D eigenvalue weighted by Gasteiger charge is 2.15. The number of benzene rings is 3. The molecule has 3 aromatic carbocycles. The fraction of sp³-hybridized carbons (Fsp3) is 0.0714. The highest BCUT2D eigenvalue weighted by atomic mass is 19.1. The molecule has 0 saturated carbocycles. The number of amides is 1. The van der Waals surface area contributed by atoms with Gasteiger partial charge in [0.05, 0.1) is 18.3 Å². The Balaban J connectivity index is 1.46. The zero-order valence-electron chi connectivity index (χ0n) is 18.9. The van der Waals surface area contributed by atoms with Crippen LogP contribution in [0.2, 0.25) is 0 Å². The number of fused-ring (bicyclic) bond motifs is 1. The maximum absolute atomic E-state index is 14.0. The molecule has 0 aliphatic carbocycles. The van der Waals surface area contributed by atoms with Crippen molar-refractivity contribution in [2.45, 2.75) is 13.3 Å². The fourth-order valence-electron chi connectivity index (χ4n) is 4.20. The van der Waals surface area contributed by atoms with Gasteiger partial charge in [0.2, 0.25) is 5.91 Å². The SMILES string of the molecule is Cc1[nH]c2ccccc2c1CC(=O)Nc1ccc(Nc2cccnc2)c(-c2cc(F)cc(F)c2)c1. The van der Waals surface area contributed by atoms with Gasteiger partial charge in [-0.05, 0) is 66.6 Å². The second-order valence-electron chi connectivity index (χ2n) is 8.28. The Morgan fingerprint density at radius 1 is 0.943 bits per heavy atom. The lowest BCUT2D eigenvalue weighted by atomic mass is 10.0. The lowest BCUT2D eigenvalue weighted by Crippen LogP contribution is -2.15. The summed E-state index contributed by atoms with van der Waals surface area (Å²) in [5.74, 6) is -1.56. The van der Waals surface area contributed by atoms with Gasteiger partial charge in [-0.2, -0.15) is 0 Å². The average Bonchev–Trinajstić information content (AvgIpc) is 3.15. The molecule has 0 atom stereocenters. The van der Waals surface area contributed by atoms with Crippen LogP contribution >= 0.6 is 0 Å². The van der Waals surface area contributed by atoms with Gasteiger partial charge >= 0.3 is 0 Å². The summed E-state index contributed by atoms with van der Waals surface area (Å²) in [7, 11) is 0. The third-order valence-corrected chi connectivity index (χ3v) is 5.78. The van der Waals surface area contributed by atoms with Crippen molar-refractivity contribution in [3.8, 4) is 11.1 Å². The molecule has 0 radical (unpaired) electrons. The van der Waals surface area contributed by atoms with E-state index in [1.807, 2.05) is 37.3 Å². The van der Waals surface area contributed by atoms with Crippen molar-refractivity contribution >= 4 is 33.9 Å². The summed E-state index contributed by atoms with van der Waals surface area (Å²) in [5, 5.41) is 7.16. The monoisotopic (exact) mass is 468 g/mol. The minimum Gasteiger partial charge on any atom is -0.358 e. The van der Waals surface area contributed by atoms with Gasteiger partial charge in [-0.1, -0.05) is 18.2 Å². The third kappa shape index (κ3) is 4.89. The largest absolute Gasteiger partial charge is 0.358 e. The van der Waals surface area contributed by atoms with Gasteiger partial charge in [0.25, 0.3) is 0 Å². The van der Waals surface area contributed by atoms with Crippen molar-refractivity contribution in [2.75, 3.05) is 10.6 Å². The van der Waals surface area contributed by atoms with Gasteiger partial charge in [-0.25, -0.2) is 8.78 Å². The lowest BCUT2D eigenvalue weighted by molar-refractivity contribution is -0.115. The highest BCUT2D eigenvalue weighted by molar-refractivity contribution is 5.97. The van der Waals surface area contributed by atoms with Crippen LogP contribution in [0.3, 0.4) is 0 Å². The molecule has 5 nitrogen and oxygen atoms in total. The Kier molecular flexibility index (Phi) is 5.97. The number of H-pyrrole nitrogens is 1. The smallest absolute Gasteiger partial charge is 0.228 e. The zero-order valence-corrected chi connectivity index (χ0v) is 18.9. The summed E-state index contributed by atoms with van der Waals surface area (Å²) < 4.78 is 28.0. The van der Waals surface area contributed by atoms with Crippen LogP contribution < -0.4 is 10.6 Å². The number of carbonyl (C=O) groups excluding carboxylic acids is 1. The van der Waals surface area contributed by atoms with Crippen molar-refractivity contribution in [3.63, 3.8) is 0 Å². The Labute approximate surface area is 200 Å². The van der Waals surface area contributed by atoms with Crippen LogP contribution in [0.15, 0.2) is 85.2 Å². The van der Waals surface area contributed by atoms with Crippen LogP contribution in [0.5, 0.6) is 0 Å². The van der Waals surface area contributed by atoms with Gasteiger partial charge in [0.1, 0.15) is 11.6 Å². The Morgan fingerprint density at radius 3 is 2.51 bits per heavy atom. The summed E-state index contributed by atoms with van der Waals surface area (Å²) in [4.78, 5) is 20.3. The number of halogens is 2. The van der Waals surface area contributed by atoms with Crippen LogP contribution in [0.1, 0.15) is 11.3 Å². The Hall–Kier alpha value is -4.52. The molecule has 0 unspecified atom stereocenters. The molecule has 35 heavy (non-hydrogen) atoms. The molecular weight excluding hydrogens is 446 g/mol. The van der Waals surface area contributed by atoms with Crippen LogP contribution in [0, 0.1) is 18.6 Å². The van der Waals surface area contributed by atoms with E-state index < -0.39 is 11.6 Å². The van der Waals surface area contributed by atoms with E-state index >= 15 is 0 Å². The van der Waals surface area contributed by atoms with Gasteiger partial charge in [0.15, 0.2) is 0 Å². The molecule has 5 rings (SSSR count). The van der Waals surface area contributed by atoms with E-state index in [0.717, 1.165) is 33.9 Å². The summed E-state index contributed by atoms with van der Waals surface area (Å²) in [6.45, 7) is 1.94. The first-order valence-electron chi connectivity index (χ1n) is 11.1. The molecule has 0 aliphatic rings. The number of pyridine rings is 1. The third-order valence-electron chi connectivity index (χ3n) is 5.78. The minimum atomic E-state index is -0.684. The molecule has 7 heteroatoms. The molecule has 0 bridgehead atoms. The molecular formula is C28H22F2N4O. The van der Waals surface area contributed by atoms with Crippen molar-refractivity contribution < 1.29 is 13.6 Å². The second-order valence-corrected chi connectivity index (χ2v) is 8.28. The van der Waals surface area contributed by atoms with Gasteiger partial charge in [-0.3, -0.25) is 9.78 Å². The number of rotatable bonds is 6. The molecule has 0 fully saturated rings. The first kappa shape index (κ1) is 22.3. The van der Waals surface area contributed by atoms with Crippen LogP contribution in [0.25, 0.3) is 22.0 Å². The molecule has 0 saturated heterocycles. The summed E-state index contributed by atoms with van der Waals surface area (Å²) in [5.41, 5.74) is 5.59. The molecule has 174 valence electrons. The maximum atomic E-state index is 14.0. The first-order chi connectivity index (χ1) is 17.0. The normalized spacial score (nSPS) is 10.9. The number of hydrogen-bond donors (Lipinski definition) is 3. The van der Waals surface area contributed by atoms with Crippen LogP contribution in [0.4, 0.5) is 25.8 Å². The second kappa shape index (κ2) is 9.38. The predicted molar refractivity (Wildman–Crippen MR) is 135 cm³/mol. The number of aromatic nitrogens is 2. The Bertz CT molecular complexity index is 1510. The summed E-state index contributed by atoms with van der Waals surface area (Å²) in [6, 6.07) is 20.0. The molecule has 1 amide bonds. The molecule has 0 aliphatic heterocycles. The van der Waals surface area contributed by atoms with Gasteiger partial charge < -0.3 is 15.6 Å². The number of carbonyl (C=O) groups is 1.